The maximum absolute atomic E-state index is 5.64. The molecule has 4 rings (SSSR count). The molecule has 3 atom stereocenters. The van der Waals surface area contributed by atoms with Crippen LogP contribution >= 0.6 is 0 Å². The van der Waals surface area contributed by atoms with Crippen molar-refractivity contribution in [1.82, 2.24) is 15.5 Å². The molecular weight excluding hydrogens is 266 g/mol. The lowest BCUT2D eigenvalue weighted by Crippen LogP contribution is -2.45. The zero-order valence-electron chi connectivity index (χ0n) is 12.8. The summed E-state index contributed by atoms with van der Waals surface area (Å²) in [4.78, 5) is 4.67. The van der Waals surface area contributed by atoms with Gasteiger partial charge in [-0.2, -0.15) is 4.98 Å². The Morgan fingerprint density at radius 2 is 2.00 bits per heavy atom. The van der Waals surface area contributed by atoms with Crippen molar-refractivity contribution >= 4 is 0 Å². The van der Waals surface area contributed by atoms with E-state index in [1.807, 2.05) is 0 Å². The van der Waals surface area contributed by atoms with Crippen molar-refractivity contribution in [3.63, 3.8) is 0 Å². The molecule has 3 fully saturated rings. The van der Waals surface area contributed by atoms with Crippen LogP contribution < -0.4 is 5.32 Å². The number of hydrogen-bond acceptors (Lipinski definition) is 5. The summed E-state index contributed by atoms with van der Waals surface area (Å²) in [5.74, 6) is 2.37. The number of nitrogens with one attached hydrogen (secondary N) is 1. The van der Waals surface area contributed by atoms with Crippen LogP contribution in [0.4, 0.5) is 0 Å². The predicted octanol–water partition coefficient (Wildman–Crippen LogP) is 3.08. The summed E-state index contributed by atoms with van der Waals surface area (Å²) in [7, 11) is 1.75. The van der Waals surface area contributed by atoms with Gasteiger partial charge in [-0.25, -0.2) is 0 Å². The molecule has 0 spiro atoms. The Morgan fingerprint density at radius 1 is 1.14 bits per heavy atom. The largest absolute Gasteiger partial charge is 0.370 e. The molecule has 0 radical (unpaired) electrons. The van der Waals surface area contributed by atoms with Crippen LogP contribution in [-0.4, -0.2) is 23.3 Å². The minimum absolute atomic E-state index is 0.236. The van der Waals surface area contributed by atoms with E-state index in [4.69, 9.17) is 9.26 Å². The molecule has 1 N–H and O–H groups in total. The smallest absolute Gasteiger partial charge is 0.243 e. The molecule has 2 aliphatic carbocycles. The Bertz CT molecular complexity index is 492. The molecule has 2 heterocycles. The van der Waals surface area contributed by atoms with Crippen molar-refractivity contribution in [3.05, 3.63) is 11.7 Å². The number of methoxy groups -OCH3 is 1. The molecule has 116 valence electrons. The van der Waals surface area contributed by atoms with Gasteiger partial charge in [0.15, 0.2) is 0 Å². The highest BCUT2D eigenvalue weighted by Crippen LogP contribution is 2.43. The fourth-order valence-corrected chi connectivity index (χ4v) is 4.27. The zero-order valence-corrected chi connectivity index (χ0v) is 12.8. The summed E-state index contributed by atoms with van der Waals surface area (Å²) in [6.07, 6.45) is 11.0. The molecule has 2 saturated carbocycles. The molecule has 5 heteroatoms. The standard InChI is InChI=1S/C16H25N3O2/c1-20-16(9-4-10-16)15-18-14(21-19-15)13-8-7-11-5-2-3-6-12(11)17-13/h11-13,17H,2-10H2,1H3. The number of nitrogens with zero attached hydrogens (tertiary/aromatic N) is 2. The lowest BCUT2D eigenvalue weighted by molar-refractivity contribution is -0.0858. The van der Waals surface area contributed by atoms with E-state index in [0.29, 0.717) is 6.04 Å². The molecule has 3 unspecified atom stereocenters. The van der Waals surface area contributed by atoms with Crippen molar-refractivity contribution < 1.29 is 9.26 Å². The molecule has 0 aromatic carbocycles. The molecule has 5 nitrogen and oxygen atoms in total. The SMILES string of the molecule is COC1(c2noc(C3CCC4CCCCC4N3)n2)CCC1. The number of hydrogen-bond donors (Lipinski definition) is 1. The summed E-state index contributed by atoms with van der Waals surface area (Å²) in [6, 6.07) is 0.882. The summed E-state index contributed by atoms with van der Waals surface area (Å²) >= 11 is 0. The van der Waals surface area contributed by atoms with Crippen LogP contribution in [0.2, 0.25) is 0 Å². The normalized spacial score (nSPS) is 35.0. The molecule has 0 bridgehead atoms. The second-order valence-electron chi connectivity index (χ2n) is 6.96. The first-order valence-electron chi connectivity index (χ1n) is 8.46. The maximum atomic E-state index is 5.64. The number of piperidine rings is 1. The third-order valence-electron chi connectivity index (χ3n) is 5.85. The van der Waals surface area contributed by atoms with E-state index in [2.05, 4.69) is 15.5 Å². The average Bonchev–Trinajstić information content (AvgIpc) is 2.96. The van der Waals surface area contributed by atoms with Crippen molar-refractivity contribution in [2.45, 2.75) is 75.5 Å². The lowest BCUT2D eigenvalue weighted by Gasteiger charge is -2.39. The molecule has 21 heavy (non-hydrogen) atoms. The lowest BCUT2D eigenvalue weighted by atomic mass is 9.77. The summed E-state index contributed by atoms with van der Waals surface area (Å²) in [5, 5.41) is 7.96. The first kappa shape index (κ1) is 13.7. The Morgan fingerprint density at radius 3 is 2.76 bits per heavy atom. The highest BCUT2D eigenvalue weighted by atomic mass is 16.5. The van der Waals surface area contributed by atoms with Gasteiger partial charge in [-0.05, 0) is 50.9 Å². The quantitative estimate of drug-likeness (QED) is 0.927. The topological polar surface area (TPSA) is 60.2 Å². The maximum Gasteiger partial charge on any atom is 0.243 e. The Balaban J connectivity index is 1.48. The van der Waals surface area contributed by atoms with Gasteiger partial charge in [-0.15, -0.1) is 0 Å². The number of rotatable bonds is 3. The van der Waals surface area contributed by atoms with Gasteiger partial charge in [0.2, 0.25) is 11.7 Å². The zero-order chi connectivity index (χ0) is 14.3. The predicted molar refractivity (Wildman–Crippen MR) is 77.7 cm³/mol. The molecule has 3 aliphatic rings. The van der Waals surface area contributed by atoms with E-state index in [0.717, 1.165) is 36.9 Å². The van der Waals surface area contributed by atoms with Gasteiger partial charge in [-0.3, -0.25) is 0 Å². The minimum Gasteiger partial charge on any atom is -0.370 e. The van der Waals surface area contributed by atoms with Gasteiger partial charge in [0, 0.05) is 13.2 Å². The third-order valence-corrected chi connectivity index (χ3v) is 5.85. The number of aromatic nitrogens is 2. The first-order valence-corrected chi connectivity index (χ1v) is 8.46. The van der Waals surface area contributed by atoms with E-state index in [1.54, 1.807) is 7.11 Å². The molecule has 1 aromatic rings. The average molecular weight is 291 g/mol. The van der Waals surface area contributed by atoms with Gasteiger partial charge >= 0.3 is 0 Å². The summed E-state index contributed by atoms with van der Waals surface area (Å²) < 4.78 is 11.2. The van der Waals surface area contributed by atoms with Crippen LogP contribution in [0.5, 0.6) is 0 Å². The fraction of sp³-hybridized carbons (Fsp3) is 0.875. The highest BCUT2D eigenvalue weighted by molar-refractivity contribution is 5.08. The van der Waals surface area contributed by atoms with Crippen molar-refractivity contribution in [1.29, 1.82) is 0 Å². The van der Waals surface area contributed by atoms with E-state index in [1.165, 1.54) is 38.5 Å². The fourth-order valence-electron chi connectivity index (χ4n) is 4.27. The molecule has 1 aromatic heterocycles. The van der Waals surface area contributed by atoms with Crippen LogP contribution in [0, 0.1) is 5.92 Å². The van der Waals surface area contributed by atoms with Crippen molar-refractivity contribution in [2.75, 3.05) is 7.11 Å². The Hall–Kier alpha value is -0.940. The van der Waals surface area contributed by atoms with E-state index in [-0.39, 0.29) is 11.6 Å². The Kier molecular flexibility index (Phi) is 3.50. The molecule has 1 saturated heterocycles. The molecule has 0 amide bonds. The van der Waals surface area contributed by atoms with Crippen molar-refractivity contribution in [2.24, 2.45) is 5.92 Å². The van der Waals surface area contributed by atoms with Crippen molar-refractivity contribution in [3.8, 4) is 0 Å². The van der Waals surface area contributed by atoms with E-state index < -0.39 is 0 Å². The third kappa shape index (κ3) is 2.30. The second-order valence-corrected chi connectivity index (χ2v) is 6.96. The van der Waals surface area contributed by atoms with Crippen LogP contribution in [0.15, 0.2) is 4.52 Å². The molecule has 1 aliphatic heterocycles. The van der Waals surface area contributed by atoms with Gasteiger partial charge in [0.05, 0.1) is 6.04 Å². The summed E-state index contributed by atoms with van der Waals surface area (Å²) in [6.45, 7) is 0. The van der Waals surface area contributed by atoms with Crippen LogP contribution in [0.1, 0.15) is 75.5 Å². The van der Waals surface area contributed by atoms with E-state index >= 15 is 0 Å². The van der Waals surface area contributed by atoms with Gasteiger partial charge in [0.1, 0.15) is 5.60 Å². The van der Waals surface area contributed by atoms with Crippen LogP contribution in [0.3, 0.4) is 0 Å². The number of fused-ring (bicyclic) bond motifs is 1. The first-order chi connectivity index (χ1) is 10.3. The van der Waals surface area contributed by atoms with E-state index in [9.17, 15) is 0 Å². The van der Waals surface area contributed by atoms with Crippen LogP contribution in [0.25, 0.3) is 0 Å². The second kappa shape index (κ2) is 5.36. The minimum atomic E-state index is -0.274. The van der Waals surface area contributed by atoms with Gasteiger partial charge in [0.25, 0.3) is 0 Å². The van der Waals surface area contributed by atoms with Gasteiger partial charge < -0.3 is 14.6 Å². The van der Waals surface area contributed by atoms with Crippen LogP contribution in [-0.2, 0) is 10.3 Å². The monoisotopic (exact) mass is 291 g/mol. The van der Waals surface area contributed by atoms with Gasteiger partial charge in [-0.1, -0.05) is 18.0 Å². The summed E-state index contributed by atoms with van der Waals surface area (Å²) in [5.41, 5.74) is -0.274. The Labute approximate surface area is 125 Å². The highest BCUT2D eigenvalue weighted by Gasteiger charge is 2.44. The number of ether oxygens (including phenoxy) is 1. The molecular formula is C16H25N3O2.